The quantitative estimate of drug-likeness (QED) is 0.415. The molecule has 0 atom stereocenters. The third kappa shape index (κ3) is 1.89. The van der Waals surface area contributed by atoms with Gasteiger partial charge in [-0.15, -0.1) is 0 Å². The minimum Gasteiger partial charge on any atom is -0.456 e. The fourth-order valence-corrected chi connectivity index (χ4v) is 2.63. The molecule has 0 radical (unpaired) electrons. The standard InChI is InChI=1S/C13H6BrIO2/c14-7-1-3-9-12(5-7)17-11-4-2-8(15)6-10(11)13(9)16/h1-6H. The molecule has 0 amide bonds. The van der Waals surface area contributed by atoms with E-state index in [1.807, 2.05) is 30.3 Å². The van der Waals surface area contributed by atoms with Gasteiger partial charge in [-0.25, -0.2) is 0 Å². The normalized spacial score (nSPS) is 11.2. The second-order valence-corrected chi connectivity index (χ2v) is 5.87. The van der Waals surface area contributed by atoms with Crippen molar-refractivity contribution in [1.29, 1.82) is 0 Å². The van der Waals surface area contributed by atoms with Crippen molar-refractivity contribution in [2.24, 2.45) is 0 Å². The fraction of sp³-hybridized carbons (Fsp3) is 0. The molecule has 0 bridgehead atoms. The van der Waals surface area contributed by atoms with Crippen LogP contribution < -0.4 is 5.43 Å². The van der Waals surface area contributed by atoms with Crippen LogP contribution in [0.25, 0.3) is 21.9 Å². The molecule has 0 N–H and O–H groups in total. The van der Waals surface area contributed by atoms with Gasteiger partial charge in [-0.2, -0.15) is 0 Å². The molecule has 1 aromatic heterocycles. The van der Waals surface area contributed by atoms with Crippen molar-refractivity contribution >= 4 is 60.5 Å². The van der Waals surface area contributed by atoms with E-state index in [0.29, 0.717) is 21.9 Å². The third-order valence-corrected chi connectivity index (χ3v) is 3.76. The van der Waals surface area contributed by atoms with Crippen molar-refractivity contribution in [3.63, 3.8) is 0 Å². The van der Waals surface area contributed by atoms with Crippen LogP contribution in [-0.4, -0.2) is 0 Å². The lowest BCUT2D eigenvalue weighted by molar-refractivity contribution is 0.659. The van der Waals surface area contributed by atoms with Gasteiger partial charge in [0.25, 0.3) is 0 Å². The monoisotopic (exact) mass is 400 g/mol. The first-order chi connectivity index (χ1) is 8.15. The Morgan fingerprint density at radius 2 is 1.82 bits per heavy atom. The number of hydrogen-bond donors (Lipinski definition) is 0. The maximum absolute atomic E-state index is 12.3. The summed E-state index contributed by atoms with van der Waals surface area (Å²) < 4.78 is 7.66. The number of halogens is 2. The molecule has 0 saturated carbocycles. The molecule has 17 heavy (non-hydrogen) atoms. The van der Waals surface area contributed by atoms with Crippen LogP contribution in [0.5, 0.6) is 0 Å². The first-order valence-corrected chi connectivity index (χ1v) is 6.84. The summed E-state index contributed by atoms with van der Waals surface area (Å²) in [5.41, 5.74) is 1.26. The molecule has 0 aliphatic rings. The van der Waals surface area contributed by atoms with Crippen molar-refractivity contribution in [3.8, 4) is 0 Å². The molecule has 0 aliphatic heterocycles. The summed E-state index contributed by atoms with van der Waals surface area (Å²) in [6.45, 7) is 0. The Morgan fingerprint density at radius 1 is 1.00 bits per heavy atom. The topological polar surface area (TPSA) is 30.2 Å². The van der Waals surface area contributed by atoms with Crippen molar-refractivity contribution in [2.45, 2.75) is 0 Å². The van der Waals surface area contributed by atoms with Gasteiger partial charge in [0.1, 0.15) is 11.2 Å². The summed E-state index contributed by atoms with van der Waals surface area (Å²) in [7, 11) is 0. The summed E-state index contributed by atoms with van der Waals surface area (Å²) >= 11 is 5.55. The second-order valence-electron chi connectivity index (χ2n) is 3.71. The minimum atomic E-state index is 0.0206. The summed E-state index contributed by atoms with van der Waals surface area (Å²) in [5.74, 6) is 0. The van der Waals surface area contributed by atoms with Gasteiger partial charge in [0.15, 0.2) is 0 Å². The Hall–Kier alpha value is -0.880. The molecule has 4 heteroatoms. The Bertz CT molecular complexity index is 792. The van der Waals surface area contributed by atoms with Crippen LogP contribution in [0, 0.1) is 3.57 Å². The first-order valence-electron chi connectivity index (χ1n) is 4.97. The molecule has 0 spiro atoms. The van der Waals surface area contributed by atoms with Gasteiger partial charge >= 0.3 is 0 Å². The Balaban J connectivity index is 2.57. The van der Waals surface area contributed by atoms with Crippen molar-refractivity contribution in [1.82, 2.24) is 0 Å². The van der Waals surface area contributed by atoms with Crippen molar-refractivity contribution < 1.29 is 4.42 Å². The molecule has 0 saturated heterocycles. The van der Waals surface area contributed by atoms with Gasteiger partial charge in [0.2, 0.25) is 5.43 Å². The van der Waals surface area contributed by atoms with Gasteiger partial charge in [0.05, 0.1) is 10.8 Å². The lowest BCUT2D eigenvalue weighted by Crippen LogP contribution is -2.02. The average molecular weight is 401 g/mol. The van der Waals surface area contributed by atoms with Crippen LogP contribution in [-0.2, 0) is 0 Å². The lowest BCUT2D eigenvalue weighted by atomic mass is 10.1. The third-order valence-electron chi connectivity index (χ3n) is 2.59. The molecule has 3 rings (SSSR count). The summed E-state index contributed by atoms with van der Waals surface area (Å²) in [6.07, 6.45) is 0. The molecule has 2 aromatic carbocycles. The van der Waals surface area contributed by atoms with Crippen LogP contribution in [0.15, 0.2) is 50.1 Å². The molecule has 84 valence electrons. The highest BCUT2D eigenvalue weighted by atomic mass is 127. The van der Waals surface area contributed by atoms with Crippen LogP contribution >= 0.6 is 38.5 Å². The number of benzene rings is 2. The Kier molecular flexibility index (Phi) is 2.71. The van der Waals surface area contributed by atoms with E-state index in [9.17, 15) is 4.79 Å². The van der Waals surface area contributed by atoms with E-state index in [1.165, 1.54) is 0 Å². The molecular formula is C13H6BrIO2. The zero-order chi connectivity index (χ0) is 12.0. The van der Waals surface area contributed by atoms with Crippen LogP contribution in [0.4, 0.5) is 0 Å². The molecule has 1 heterocycles. The van der Waals surface area contributed by atoms with E-state index in [0.717, 1.165) is 8.04 Å². The number of hydrogen-bond acceptors (Lipinski definition) is 2. The number of rotatable bonds is 0. The maximum atomic E-state index is 12.3. The van der Waals surface area contributed by atoms with Gasteiger partial charge in [-0.1, -0.05) is 15.9 Å². The van der Waals surface area contributed by atoms with Crippen molar-refractivity contribution in [3.05, 3.63) is 54.7 Å². The van der Waals surface area contributed by atoms with E-state index in [1.54, 1.807) is 6.07 Å². The van der Waals surface area contributed by atoms with E-state index in [4.69, 9.17) is 4.42 Å². The summed E-state index contributed by atoms with van der Waals surface area (Å²) in [5, 5.41) is 1.24. The molecule has 0 unspecified atom stereocenters. The van der Waals surface area contributed by atoms with E-state index < -0.39 is 0 Å². The highest BCUT2D eigenvalue weighted by Crippen LogP contribution is 2.22. The molecule has 2 nitrogen and oxygen atoms in total. The zero-order valence-corrected chi connectivity index (χ0v) is 12.3. The van der Waals surface area contributed by atoms with Gasteiger partial charge in [-0.3, -0.25) is 4.79 Å². The zero-order valence-electron chi connectivity index (χ0n) is 8.54. The van der Waals surface area contributed by atoms with Gasteiger partial charge in [-0.05, 0) is 59.0 Å². The molecule has 0 aliphatic carbocycles. The highest BCUT2D eigenvalue weighted by molar-refractivity contribution is 14.1. The van der Waals surface area contributed by atoms with Gasteiger partial charge in [0, 0.05) is 8.04 Å². The lowest BCUT2D eigenvalue weighted by Gasteiger charge is -2.02. The maximum Gasteiger partial charge on any atom is 0.200 e. The fourth-order valence-electron chi connectivity index (χ4n) is 1.80. The minimum absolute atomic E-state index is 0.0206. The van der Waals surface area contributed by atoms with Crippen LogP contribution in [0.1, 0.15) is 0 Å². The van der Waals surface area contributed by atoms with E-state index in [2.05, 4.69) is 38.5 Å². The number of fused-ring (bicyclic) bond motifs is 2. The molecule has 3 aromatic rings. The Morgan fingerprint density at radius 3 is 2.65 bits per heavy atom. The predicted octanol–water partition coefficient (Wildman–Crippen LogP) is 4.31. The van der Waals surface area contributed by atoms with Crippen LogP contribution in [0.3, 0.4) is 0 Å². The average Bonchev–Trinajstić information content (AvgIpc) is 2.30. The highest BCUT2D eigenvalue weighted by Gasteiger charge is 2.07. The second kappa shape index (κ2) is 4.10. The summed E-state index contributed by atoms with van der Waals surface area (Å²) in [6, 6.07) is 11.1. The molecular weight excluding hydrogens is 395 g/mol. The van der Waals surface area contributed by atoms with Gasteiger partial charge < -0.3 is 4.42 Å². The van der Waals surface area contributed by atoms with E-state index >= 15 is 0 Å². The summed E-state index contributed by atoms with van der Waals surface area (Å²) in [4.78, 5) is 12.3. The smallest absolute Gasteiger partial charge is 0.200 e. The van der Waals surface area contributed by atoms with E-state index in [-0.39, 0.29) is 5.43 Å². The molecule has 0 fully saturated rings. The Labute approximate surface area is 119 Å². The first kappa shape index (κ1) is 11.2. The van der Waals surface area contributed by atoms with Crippen LogP contribution in [0.2, 0.25) is 0 Å². The predicted molar refractivity (Wildman–Crippen MR) is 80.4 cm³/mol. The largest absolute Gasteiger partial charge is 0.456 e. The SMILES string of the molecule is O=c1c2ccc(Br)cc2oc2ccc(I)cc12. The van der Waals surface area contributed by atoms with Crippen molar-refractivity contribution in [2.75, 3.05) is 0 Å².